The Bertz CT molecular complexity index is 1090. The lowest BCUT2D eigenvalue weighted by atomic mass is 10.1. The number of benzene rings is 2. The molecule has 0 saturated carbocycles. The van der Waals surface area contributed by atoms with E-state index in [0.29, 0.717) is 16.7 Å². The number of nitrogens with zero attached hydrogens (tertiary/aromatic N) is 3. The molecule has 2 aromatic carbocycles. The van der Waals surface area contributed by atoms with Crippen LogP contribution in [0.3, 0.4) is 0 Å². The summed E-state index contributed by atoms with van der Waals surface area (Å²) < 4.78 is 54.4. The highest BCUT2D eigenvalue weighted by Crippen LogP contribution is 2.31. The molecule has 0 aliphatic heterocycles. The smallest absolute Gasteiger partial charge is 0.394 e. The van der Waals surface area contributed by atoms with Crippen LogP contribution in [0.25, 0.3) is 5.69 Å². The number of halogens is 4. The molecule has 0 radical (unpaired) electrons. The summed E-state index contributed by atoms with van der Waals surface area (Å²) in [6, 6.07) is 9.96. The number of amides is 1. The van der Waals surface area contributed by atoms with Gasteiger partial charge in [-0.15, -0.1) is 10.2 Å². The highest BCUT2D eigenvalue weighted by Gasteiger charge is 2.34. The Balaban J connectivity index is 1.76. The first kappa shape index (κ1) is 24.7. The number of aliphatic hydroxyl groups is 2. The van der Waals surface area contributed by atoms with Gasteiger partial charge in [-0.25, -0.2) is 4.39 Å². The van der Waals surface area contributed by atoms with E-state index < -0.39 is 41.7 Å². The van der Waals surface area contributed by atoms with Crippen molar-refractivity contribution in [2.45, 2.75) is 23.9 Å². The molecule has 1 unspecified atom stereocenters. The number of hydrogen-bond donors (Lipinski definition) is 3. The molecule has 176 valence electrons. The van der Waals surface area contributed by atoms with Gasteiger partial charge in [0.2, 0.25) is 0 Å². The van der Waals surface area contributed by atoms with E-state index in [1.54, 1.807) is 4.57 Å². The summed E-state index contributed by atoms with van der Waals surface area (Å²) in [5, 5.41) is 29.6. The third-order valence-electron chi connectivity index (χ3n) is 4.51. The van der Waals surface area contributed by atoms with E-state index in [-0.39, 0.29) is 18.7 Å². The van der Waals surface area contributed by atoms with Gasteiger partial charge < -0.3 is 15.5 Å². The minimum absolute atomic E-state index is 0.0334. The molecule has 3 aromatic rings. The molecule has 0 aliphatic rings. The van der Waals surface area contributed by atoms with Crippen LogP contribution < -0.4 is 5.32 Å². The normalized spacial score (nSPS) is 12.5. The summed E-state index contributed by atoms with van der Waals surface area (Å²) >= 11 is 1.11. The summed E-state index contributed by atoms with van der Waals surface area (Å²) in [4.78, 5) is 12.4. The molecule has 1 aromatic heterocycles. The lowest BCUT2D eigenvalue weighted by molar-refractivity contribution is -0.137. The van der Waals surface area contributed by atoms with Crippen molar-refractivity contribution < 1.29 is 32.6 Å². The second-order valence-electron chi connectivity index (χ2n) is 6.91. The molecule has 0 saturated heterocycles. The first-order valence-electron chi connectivity index (χ1n) is 9.77. The predicted molar refractivity (Wildman–Crippen MR) is 113 cm³/mol. The molecule has 3 N–H and O–H groups in total. The molecule has 33 heavy (non-hydrogen) atoms. The van der Waals surface area contributed by atoms with Gasteiger partial charge >= 0.3 is 6.18 Å². The number of nitrogens with one attached hydrogen (secondary N) is 1. The van der Waals surface area contributed by atoms with E-state index in [4.69, 9.17) is 5.11 Å². The monoisotopic (exact) mass is 484 g/mol. The Hall–Kier alpha value is -2.96. The van der Waals surface area contributed by atoms with E-state index in [9.17, 15) is 27.5 Å². The van der Waals surface area contributed by atoms with Crippen LogP contribution in [0.1, 0.15) is 21.7 Å². The highest BCUT2D eigenvalue weighted by atomic mass is 32.2. The maximum Gasteiger partial charge on any atom is 0.417 e. The number of alkyl halides is 3. The third-order valence-corrected chi connectivity index (χ3v) is 5.59. The van der Waals surface area contributed by atoms with Crippen molar-refractivity contribution in [2.24, 2.45) is 0 Å². The summed E-state index contributed by atoms with van der Waals surface area (Å²) in [5.74, 6) is -0.835. The maximum absolute atomic E-state index is 13.4. The van der Waals surface area contributed by atoms with Crippen molar-refractivity contribution in [3.8, 4) is 5.69 Å². The molecule has 12 heteroatoms. The van der Waals surface area contributed by atoms with Crippen LogP contribution in [0.15, 0.2) is 53.7 Å². The van der Waals surface area contributed by atoms with Gasteiger partial charge in [-0.05, 0) is 36.4 Å². The fourth-order valence-corrected chi connectivity index (χ4v) is 3.83. The molecular formula is C21H20F4N4O3S. The number of carbonyl (C=O) groups is 1. The molecular weight excluding hydrogens is 464 g/mol. The fourth-order valence-electron chi connectivity index (χ4n) is 2.94. The summed E-state index contributed by atoms with van der Waals surface area (Å²) in [6.45, 7) is -0.468. The quantitative estimate of drug-likeness (QED) is 0.319. The van der Waals surface area contributed by atoms with E-state index >= 15 is 0 Å². The SMILES string of the molecule is O=C(NCCc1nnc(SCC(O)CO)n1-c1ccc(F)cc1)c1ccccc1C(F)(F)F. The second kappa shape index (κ2) is 10.8. The Labute approximate surface area is 190 Å². The largest absolute Gasteiger partial charge is 0.417 e. The van der Waals surface area contributed by atoms with E-state index in [2.05, 4.69) is 15.5 Å². The maximum atomic E-state index is 13.4. The lowest BCUT2D eigenvalue weighted by Gasteiger charge is -2.13. The van der Waals surface area contributed by atoms with Gasteiger partial charge in [-0.3, -0.25) is 9.36 Å². The Morgan fingerprint density at radius 2 is 1.82 bits per heavy atom. The second-order valence-corrected chi connectivity index (χ2v) is 7.89. The molecule has 1 amide bonds. The lowest BCUT2D eigenvalue weighted by Crippen LogP contribution is -2.28. The number of hydrogen-bond acceptors (Lipinski definition) is 6. The summed E-state index contributed by atoms with van der Waals surface area (Å²) in [6.07, 6.45) is -5.53. The Morgan fingerprint density at radius 3 is 2.48 bits per heavy atom. The minimum Gasteiger partial charge on any atom is -0.394 e. The van der Waals surface area contributed by atoms with Crippen molar-refractivity contribution in [3.63, 3.8) is 0 Å². The number of carbonyl (C=O) groups excluding carboxylic acids is 1. The van der Waals surface area contributed by atoms with E-state index in [1.807, 2.05) is 0 Å². The number of aromatic nitrogens is 3. The van der Waals surface area contributed by atoms with Crippen LogP contribution >= 0.6 is 11.8 Å². The fraction of sp³-hybridized carbons (Fsp3) is 0.286. The van der Waals surface area contributed by atoms with E-state index in [0.717, 1.165) is 23.9 Å². The summed E-state index contributed by atoms with van der Waals surface area (Å²) in [7, 11) is 0. The standard InChI is InChI=1S/C21H20F4N4O3S/c22-13-5-7-14(8-6-13)29-18(27-28-20(29)33-12-15(31)11-30)9-10-26-19(32)16-3-1-2-4-17(16)21(23,24)25/h1-8,15,30-31H,9-12H2,(H,26,32). The van der Waals surface area contributed by atoms with Crippen LogP contribution in [0.2, 0.25) is 0 Å². The van der Waals surface area contributed by atoms with Crippen molar-refractivity contribution >= 4 is 17.7 Å². The van der Waals surface area contributed by atoms with Gasteiger partial charge in [0.05, 0.1) is 23.8 Å². The van der Waals surface area contributed by atoms with Gasteiger partial charge in [0.1, 0.15) is 11.6 Å². The summed E-state index contributed by atoms with van der Waals surface area (Å²) in [5.41, 5.74) is -0.997. The van der Waals surface area contributed by atoms with Gasteiger partial charge in [0, 0.05) is 24.4 Å². The predicted octanol–water partition coefficient (Wildman–Crippen LogP) is 2.84. The molecule has 3 rings (SSSR count). The molecule has 0 bridgehead atoms. The minimum atomic E-state index is -4.66. The number of rotatable bonds is 9. The Morgan fingerprint density at radius 1 is 1.12 bits per heavy atom. The zero-order chi connectivity index (χ0) is 24.0. The molecule has 7 nitrogen and oxygen atoms in total. The van der Waals surface area contributed by atoms with Crippen molar-refractivity contribution in [1.29, 1.82) is 0 Å². The van der Waals surface area contributed by atoms with Gasteiger partial charge in [0.25, 0.3) is 5.91 Å². The highest BCUT2D eigenvalue weighted by molar-refractivity contribution is 7.99. The van der Waals surface area contributed by atoms with Gasteiger partial charge in [0.15, 0.2) is 5.16 Å². The molecule has 0 aliphatic carbocycles. The molecule has 0 fully saturated rings. The zero-order valence-electron chi connectivity index (χ0n) is 17.1. The third kappa shape index (κ3) is 6.30. The van der Waals surface area contributed by atoms with Crippen molar-refractivity contribution in [1.82, 2.24) is 20.1 Å². The zero-order valence-corrected chi connectivity index (χ0v) is 17.9. The molecule has 0 spiro atoms. The van der Waals surface area contributed by atoms with Crippen LogP contribution in [0.5, 0.6) is 0 Å². The van der Waals surface area contributed by atoms with Crippen LogP contribution in [0, 0.1) is 5.82 Å². The van der Waals surface area contributed by atoms with Gasteiger partial charge in [-0.2, -0.15) is 13.2 Å². The van der Waals surface area contributed by atoms with E-state index in [1.165, 1.54) is 36.4 Å². The van der Waals surface area contributed by atoms with Crippen LogP contribution in [-0.2, 0) is 12.6 Å². The average Bonchev–Trinajstić information content (AvgIpc) is 3.20. The van der Waals surface area contributed by atoms with Gasteiger partial charge in [-0.1, -0.05) is 23.9 Å². The molecule has 1 heterocycles. The first-order chi connectivity index (χ1) is 15.7. The topological polar surface area (TPSA) is 100 Å². The number of thioether (sulfide) groups is 1. The number of aliphatic hydroxyl groups excluding tert-OH is 2. The van der Waals surface area contributed by atoms with Crippen molar-refractivity contribution in [3.05, 3.63) is 71.3 Å². The Kier molecular flexibility index (Phi) is 8.06. The average molecular weight is 484 g/mol. The van der Waals surface area contributed by atoms with Crippen molar-refractivity contribution in [2.75, 3.05) is 18.9 Å². The van der Waals surface area contributed by atoms with Crippen LogP contribution in [-0.4, -0.2) is 55.9 Å². The molecule has 1 atom stereocenters. The van der Waals surface area contributed by atoms with Crippen LogP contribution in [0.4, 0.5) is 17.6 Å². The first-order valence-corrected chi connectivity index (χ1v) is 10.8.